The second kappa shape index (κ2) is 70.0. The van der Waals surface area contributed by atoms with Crippen LogP contribution in [0.1, 0.15) is 224 Å². The summed E-state index contributed by atoms with van der Waals surface area (Å²) in [6.07, 6.45) is -3.84. The van der Waals surface area contributed by atoms with Gasteiger partial charge in [-0.3, -0.25) is 125 Å². The molecule has 0 saturated carbocycles. The molecule has 796 valence electrons. The molecule has 0 fully saturated rings. The van der Waals surface area contributed by atoms with Crippen molar-refractivity contribution < 1.29 is 81.4 Å². The third-order valence-electron chi connectivity index (χ3n) is 22.9. The molecule has 7 amide bonds. The largest absolute Gasteiger partial charge is 0.374 e. The SMILES string of the molecule is CC(=O)c1ccc(C[C@H](CC(=O)COCCCC(=O)[C@@H](CS)NC(=O)[C@@H](CCCNC(=N)N)CC(=O)[C@@H](CCCNC(=N)N)NC(=O)[C@@H](CCCNC(=N)N)CC(=O)[C@@H](CCCNC(=N)N)NC(=O)[C@@H](CCCNC(=N)N)CC(=O)[C@@H](CCCNC(=N)N)NC(=O)[C@@H](CCCNC(=N)N)CC(=O)[C@@H](CCCNC(=N)N)NC(=O)[C@@H](CCCNC(=N)N)CC(=O)CNC(=O)[C@H](C)CC(=O)C(C)(C)C)C(N)=O)cc1. The number of hydrogen-bond donors (Lipinski definition) is 35. The molecule has 142 heavy (non-hydrogen) atoms. The number of guanidine groups is 9. The molecule has 0 aromatic heterocycles. The number of carbonyl (C=O) groups is 16. The minimum Gasteiger partial charge on any atom is -0.374 e. The Bertz CT molecular complexity index is 4420. The summed E-state index contributed by atoms with van der Waals surface area (Å²) in [7, 11) is 0. The number of primary amides is 1. The average Bonchev–Trinajstić information content (AvgIpc) is 0.860. The molecule has 52 heteroatoms. The lowest BCUT2D eigenvalue weighted by Crippen LogP contribution is -2.49. The summed E-state index contributed by atoms with van der Waals surface area (Å²) in [5.74, 6) is -22.5. The van der Waals surface area contributed by atoms with E-state index in [9.17, 15) is 43.2 Å². The molecule has 1 rings (SSSR count). The summed E-state index contributed by atoms with van der Waals surface area (Å²) >= 11 is 4.36. The second-order valence-electron chi connectivity index (χ2n) is 36.2. The quantitative estimate of drug-likeness (QED) is 0.00978. The zero-order valence-corrected chi connectivity index (χ0v) is 83.3. The van der Waals surface area contributed by atoms with Gasteiger partial charge < -0.3 is 142 Å². The van der Waals surface area contributed by atoms with Gasteiger partial charge in [-0.2, -0.15) is 12.6 Å². The second-order valence-corrected chi connectivity index (χ2v) is 36.5. The summed E-state index contributed by atoms with van der Waals surface area (Å²) in [6.45, 7) is 7.11. The third kappa shape index (κ3) is 58.4. The van der Waals surface area contributed by atoms with Gasteiger partial charge in [-0.25, -0.2) is 0 Å². The molecule has 0 radical (unpaired) electrons. The van der Waals surface area contributed by atoms with Crippen molar-refractivity contribution in [3.05, 3.63) is 35.4 Å². The van der Waals surface area contributed by atoms with Gasteiger partial charge in [0, 0.05) is 175 Å². The Labute approximate surface area is 834 Å². The van der Waals surface area contributed by atoms with Crippen LogP contribution in [0.4, 0.5) is 0 Å². The number of amides is 7. The number of nitrogens with two attached hydrogens (primary N) is 10. The van der Waals surface area contributed by atoms with Crippen LogP contribution in [0.2, 0.25) is 0 Å². The zero-order valence-electron chi connectivity index (χ0n) is 82.4. The predicted octanol–water partition coefficient (Wildman–Crippen LogP) is -3.78. The fourth-order valence-electron chi connectivity index (χ4n) is 14.9. The Morgan fingerprint density at radius 1 is 0.331 bits per heavy atom. The van der Waals surface area contributed by atoms with Crippen molar-refractivity contribution in [2.24, 2.45) is 104 Å². The Kier molecular flexibility index (Phi) is 62.3. The summed E-state index contributed by atoms with van der Waals surface area (Å²) in [6, 6.07) is -0.531. The highest BCUT2D eigenvalue weighted by Gasteiger charge is 2.38. The molecule has 0 spiro atoms. The maximum Gasteiger partial charge on any atom is 0.224 e. The van der Waals surface area contributed by atoms with E-state index in [0.29, 0.717) is 11.1 Å². The molecule has 0 unspecified atom stereocenters. The van der Waals surface area contributed by atoms with Gasteiger partial charge in [-0.05, 0) is 141 Å². The number of hydrogen-bond acceptors (Lipinski definition) is 27. The van der Waals surface area contributed by atoms with E-state index in [1.807, 2.05) is 0 Å². The van der Waals surface area contributed by atoms with Crippen LogP contribution >= 0.6 is 12.6 Å². The molecule has 0 heterocycles. The normalized spacial score (nSPS) is 13.6. The van der Waals surface area contributed by atoms with E-state index < -0.39 is 252 Å². The molecule has 0 aliphatic heterocycles. The van der Waals surface area contributed by atoms with Crippen LogP contribution < -0.4 is 137 Å². The molecule has 44 N–H and O–H groups in total. The third-order valence-corrected chi connectivity index (χ3v) is 23.3. The van der Waals surface area contributed by atoms with Crippen molar-refractivity contribution >= 4 is 160 Å². The fraction of sp³-hybridized carbons (Fsp3) is 0.656. The number of benzene rings is 1. The fourth-order valence-corrected chi connectivity index (χ4v) is 15.2. The maximum absolute atomic E-state index is 15.3. The number of nitrogens with one attached hydrogen (secondary N) is 24. The molecule has 12 atom stereocenters. The van der Waals surface area contributed by atoms with E-state index in [1.54, 1.807) is 45.0 Å². The van der Waals surface area contributed by atoms with E-state index >= 15 is 33.6 Å². The Morgan fingerprint density at radius 2 is 0.599 bits per heavy atom. The van der Waals surface area contributed by atoms with Crippen molar-refractivity contribution in [1.29, 1.82) is 48.7 Å². The average molecular weight is 2020 g/mol. The summed E-state index contributed by atoms with van der Waals surface area (Å²) in [4.78, 5) is 226. The van der Waals surface area contributed by atoms with Gasteiger partial charge in [0.2, 0.25) is 41.4 Å². The highest BCUT2D eigenvalue weighted by molar-refractivity contribution is 7.80. The van der Waals surface area contributed by atoms with Gasteiger partial charge in [0.05, 0.1) is 36.8 Å². The van der Waals surface area contributed by atoms with Crippen molar-refractivity contribution in [3.63, 3.8) is 0 Å². The molecule has 0 saturated heterocycles. The van der Waals surface area contributed by atoms with Crippen molar-refractivity contribution in [1.82, 2.24) is 79.8 Å². The Balaban J connectivity index is 4.06. The van der Waals surface area contributed by atoms with Gasteiger partial charge in [-0.15, -0.1) is 0 Å². The molecule has 1 aromatic carbocycles. The summed E-state index contributed by atoms with van der Waals surface area (Å²) in [5, 5.41) is 110. The van der Waals surface area contributed by atoms with Gasteiger partial charge in [0.15, 0.2) is 99.9 Å². The van der Waals surface area contributed by atoms with E-state index in [0.717, 1.165) is 0 Å². The summed E-state index contributed by atoms with van der Waals surface area (Å²) in [5.41, 5.74) is 56.6. The van der Waals surface area contributed by atoms with Crippen LogP contribution in [0.5, 0.6) is 0 Å². The molecule has 1 aromatic rings. The first-order valence-corrected chi connectivity index (χ1v) is 48.3. The predicted molar refractivity (Wildman–Crippen MR) is 540 cm³/mol. The molecular formula is C90H158N34O17S. The minimum absolute atomic E-state index is 0.0000974. The number of ether oxygens (including phenoxy) is 1. The monoisotopic (exact) mass is 2020 g/mol. The Hall–Kier alpha value is -13.7. The van der Waals surface area contributed by atoms with Crippen LogP contribution in [0.25, 0.3) is 0 Å². The summed E-state index contributed by atoms with van der Waals surface area (Å²) < 4.78 is 5.57. The lowest BCUT2D eigenvalue weighted by Gasteiger charge is -2.27. The molecule has 0 aliphatic carbocycles. The molecule has 0 aliphatic rings. The standard InChI is InChI=1S/C90H158N34O17S/c1-51(40-73(133)90(3,4)5)75(135)119-48-61(126)42-55(16-6-30-110-81(92)93)76(136)120-63(21-11-35-115-86(102)103)69(129)44-56(17-7-31-111-82(94)95)77(137)121-64(22-12-36-116-87(104)105)70(130)45-57(18-8-32-112-83(96)97)78(138)122-65(23-13-37-117-88(106)107)71(131)46-58(19-9-33-113-84(98)99)79(139)123-66(24-14-38-118-89(108)109)72(132)47-59(20-10-34-114-85(100)101)80(140)124-67(50-142)68(128)25-15-39-141-49-62(127)43-60(74(91)134)41-53-26-28-54(29-27-53)52(2)125/h26-29,51,55-60,63-67,142H,6-25,30-50H2,1-5H3,(H2,91,134)(H,119,135)(H,120,136)(H,121,137)(H,122,138)(H,123,139)(H,124,140)(H4,92,93,110)(H4,94,95,111)(H4,96,97,112)(H4,98,99,113)(H4,100,101,114)(H4,102,103,115)(H4,104,105,116)(H4,106,107,117)(H4,108,109,118)/t51-,55+,56+,57+,58+,59+,60-,63-,64-,65-,66-,67-/m1/s1. The van der Waals surface area contributed by atoms with Gasteiger partial charge in [0.25, 0.3) is 0 Å². The van der Waals surface area contributed by atoms with Crippen LogP contribution in [0.15, 0.2) is 24.3 Å². The number of carbonyl (C=O) groups excluding carboxylic acids is 16. The topological polar surface area (TPSA) is 938 Å². The Morgan fingerprint density at radius 3 is 0.859 bits per heavy atom. The highest BCUT2D eigenvalue weighted by Crippen LogP contribution is 2.26. The van der Waals surface area contributed by atoms with Crippen LogP contribution in [0, 0.1) is 95.5 Å². The van der Waals surface area contributed by atoms with E-state index in [1.165, 1.54) is 13.8 Å². The van der Waals surface area contributed by atoms with Gasteiger partial charge >= 0.3 is 0 Å². The van der Waals surface area contributed by atoms with E-state index in [2.05, 4.69) is 92.4 Å². The number of Topliss-reactive ketones (excluding diaryl/α,β-unsaturated/α-hetero) is 9. The maximum atomic E-state index is 15.3. The minimum atomic E-state index is -1.51. The smallest absolute Gasteiger partial charge is 0.224 e. The lowest BCUT2D eigenvalue weighted by molar-refractivity contribution is -0.136. The van der Waals surface area contributed by atoms with Crippen molar-refractivity contribution in [2.45, 2.75) is 245 Å². The zero-order chi connectivity index (χ0) is 107. The molecule has 0 bridgehead atoms. The van der Waals surface area contributed by atoms with Crippen LogP contribution in [-0.4, -0.2) is 262 Å². The first-order valence-electron chi connectivity index (χ1n) is 47.6. The first-order chi connectivity index (χ1) is 66.8. The highest BCUT2D eigenvalue weighted by atomic mass is 32.1. The number of ketones is 9. The van der Waals surface area contributed by atoms with E-state index in [-0.39, 0.29) is 236 Å². The number of rotatable bonds is 79. The van der Waals surface area contributed by atoms with Gasteiger partial charge in [0.1, 0.15) is 12.4 Å². The van der Waals surface area contributed by atoms with Crippen molar-refractivity contribution in [2.75, 3.05) is 84.4 Å². The van der Waals surface area contributed by atoms with Gasteiger partial charge in [-0.1, -0.05) is 52.0 Å². The molecule has 51 nitrogen and oxygen atoms in total. The van der Waals surface area contributed by atoms with E-state index in [4.69, 9.17) is 111 Å². The first kappa shape index (κ1) is 126. The van der Waals surface area contributed by atoms with Crippen LogP contribution in [-0.2, 0) is 83.1 Å². The van der Waals surface area contributed by atoms with Crippen LogP contribution in [0.3, 0.4) is 0 Å². The van der Waals surface area contributed by atoms with Crippen molar-refractivity contribution in [3.8, 4) is 0 Å². The lowest BCUT2D eigenvalue weighted by atomic mass is 9.85. The molecular weight excluding hydrogens is 1860 g/mol. The number of thiol groups is 1.